The third kappa shape index (κ3) is 7.35. The molecule has 0 saturated carbocycles. The number of ether oxygens (including phenoxy) is 1. The summed E-state index contributed by atoms with van der Waals surface area (Å²) in [6, 6.07) is 14.1. The Kier molecular flexibility index (Phi) is 11.6. The van der Waals surface area contributed by atoms with Crippen molar-refractivity contribution < 1.29 is 9.13 Å². The molecule has 0 spiro atoms. The zero-order chi connectivity index (χ0) is 22.6. The topological polar surface area (TPSA) is 45.0 Å². The van der Waals surface area contributed by atoms with Gasteiger partial charge in [0.1, 0.15) is 17.5 Å². The Morgan fingerprint density at radius 1 is 1.10 bits per heavy atom. The maximum atomic E-state index is 13.1. The number of aryl methyl sites for hydroxylation is 2. The van der Waals surface area contributed by atoms with Gasteiger partial charge in [-0.25, -0.2) is 4.39 Å². The van der Waals surface area contributed by atoms with Crippen LogP contribution in [0, 0.1) is 38.0 Å². The van der Waals surface area contributed by atoms with Gasteiger partial charge < -0.3 is 10.1 Å². The molecule has 0 bridgehead atoms. The van der Waals surface area contributed by atoms with Crippen molar-refractivity contribution in [3.05, 3.63) is 58.8 Å². The molecule has 0 amide bonds. The number of allylic oxidation sites excluding steroid dienone is 2. The fourth-order valence-electron chi connectivity index (χ4n) is 2.77. The van der Waals surface area contributed by atoms with Crippen LogP contribution < -0.4 is 10.1 Å². The Morgan fingerprint density at radius 3 is 2.21 bits per heavy atom. The largest absolute Gasteiger partial charge is 0.460 e. The molecule has 2 aromatic carbocycles. The van der Waals surface area contributed by atoms with Crippen LogP contribution in [0.25, 0.3) is 16.7 Å². The summed E-state index contributed by atoms with van der Waals surface area (Å²) in [4.78, 5) is 0. The van der Waals surface area contributed by atoms with Gasteiger partial charge in [-0.3, -0.25) is 0 Å². The predicted molar refractivity (Wildman–Crippen MR) is 121 cm³/mol. The number of rotatable bonds is 5. The molecule has 0 aromatic heterocycles. The monoisotopic (exact) mass is 394 g/mol. The highest BCUT2D eigenvalue weighted by molar-refractivity contribution is 5.76. The second-order valence-corrected chi connectivity index (χ2v) is 6.09. The summed E-state index contributed by atoms with van der Waals surface area (Å²) < 4.78 is 18.2. The van der Waals surface area contributed by atoms with Crippen LogP contribution in [-0.2, 0) is 0 Å². The van der Waals surface area contributed by atoms with Gasteiger partial charge in [-0.1, -0.05) is 32.0 Å². The predicted octanol–water partition coefficient (Wildman–Crippen LogP) is 6.41. The fourth-order valence-corrected chi connectivity index (χ4v) is 2.77. The third-order valence-corrected chi connectivity index (χ3v) is 4.04. The van der Waals surface area contributed by atoms with E-state index in [0.717, 1.165) is 33.4 Å². The first-order valence-electron chi connectivity index (χ1n) is 9.51. The van der Waals surface area contributed by atoms with Crippen LogP contribution in [0.5, 0.6) is 5.75 Å². The molecule has 2 rings (SSSR count). The molecule has 0 aliphatic heterocycles. The Bertz CT molecular complexity index is 889. The van der Waals surface area contributed by atoms with Crippen molar-refractivity contribution in [2.24, 2.45) is 0 Å². The normalized spacial score (nSPS) is 11.3. The lowest BCUT2D eigenvalue weighted by molar-refractivity contribution is 0.0853. The van der Waals surface area contributed by atoms with Gasteiger partial charge in [0.25, 0.3) is 0 Å². The molecule has 0 heterocycles. The van der Waals surface area contributed by atoms with Gasteiger partial charge in [-0.05, 0) is 72.4 Å². The van der Waals surface area contributed by atoms with Gasteiger partial charge in [0.2, 0.25) is 6.36 Å². The number of terminal acetylenes is 1. The quantitative estimate of drug-likeness (QED) is 0.470. The van der Waals surface area contributed by atoms with E-state index in [2.05, 4.69) is 42.4 Å². The van der Waals surface area contributed by atoms with Crippen LogP contribution in [0.2, 0.25) is 0 Å². The molecule has 0 fully saturated rings. The van der Waals surface area contributed by atoms with Crippen LogP contribution in [-0.4, -0.2) is 13.4 Å². The van der Waals surface area contributed by atoms with E-state index in [0.29, 0.717) is 11.4 Å². The van der Waals surface area contributed by atoms with Crippen molar-refractivity contribution in [2.75, 3.05) is 7.05 Å². The lowest BCUT2D eigenvalue weighted by atomic mass is 9.95. The van der Waals surface area contributed by atoms with E-state index < -0.39 is 6.36 Å². The molecular formula is C25H31FN2O. The molecule has 1 atom stereocenters. The summed E-state index contributed by atoms with van der Waals surface area (Å²) in [5.41, 5.74) is 6.51. The summed E-state index contributed by atoms with van der Waals surface area (Å²) in [6.45, 7) is 11.2. The number of nitrogens with zero attached hydrogens (tertiary/aromatic N) is 1. The Hall–Kier alpha value is -3.24. The highest BCUT2D eigenvalue weighted by atomic mass is 19.1. The first-order chi connectivity index (χ1) is 13.8. The molecule has 3 nitrogen and oxygen atoms in total. The van der Waals surface area contributed by atoms with E-state index in [9.17, 15) is 9.65 Å². The number of nitrogens with one attached hydrogen (secondary N) is 1. The molecular weight excluding hydrogens is 363 g/mol. The van der Waals surface area contributed by atoms with Gasteiger partial charge >= 0.3 is 0 Å². The average molecular weight is 395 g/mol. The van der Waals surface area contributed by atoms with Crippen molar-refractivity contribution in [3.63, 3.8) is 0 Å². The van der Waals surface area contributed by atoms with Gasteiger partial charge in [-0.15, -0.1) is 12.8 Å². The van der Waals surface area contributed by atoms with Gasteiger partial charge in [0.05, 0.1) is 0 Å². The second-order valence-electron chi connectivity index (χ2n) is 6.09. The minimum Gasteiger partial charge on any atom is -0.460 e. The Balaban J connectivity index is 0.00000184. The van der Waals surface area contributed by atoms with Crippen molar-refractivity contribution in [1.82, 2.24) is 5.32 Å². The number of hydrogen-bond acceptors (Lipinski definition) is 3. The minimum absolute atomic E-state index is 0.546. The van der Waals surface area contributed by atoms with Crippen LogP contribution >= 0.6 is 0 Å². The number of benzene rings is 2. The SMILES string of the molecule is C#C.CC.CN/C(C#N)=C(\C)c1cc(C)cc(-c2ccc(OC(C)F)c(C)c2)c1. The summed E-state index contributed by atoms with van der Waals surface area (Å²) in [6.07, 6.45) is 6.66. The standard InChI is InChI=1S/C21H23FN2O.C2H6.C2H2/c1-13-8-18(15(3)20(12-23)24-5)11-19(9-13)17-6-7-21(14(2)10-17)25-16(4)22;2*1-2/h6-11,16,24H,1-5H3;1-2H3;1-2H/b20-15+;;. The number of alkyl halides is 1. The molecule has 4 heteroatoms. The van der Waals surface area contributed by atoms with E-state index in [1.54, 1.807) is 13.1 Å². The van der Waals surface area contributed by atoms with Crippen LogP contribution in [0.15, 0.2) is 42.1 Å². The second kappa shape index (κ2) is 13.0. The molecule has 1 unspecified atom stereocenters. The Labute approximate surface area is 175 Å². The van der Waals surface area contributed by atoms with E-state index in [4.69, 9.17) is 4.74 Å². The van der Waals surface area contributed by atoms with Gasteiger partial charge in [-0.2, -0.15) is 5.26 Å². The van der Waals surface area contributed by atoms with Gasteiger partial charge in [0.15, 0.2) is 0 Å². The maximum absolute atomic E-state index is 13.1. The maximum Gasteiger partial charge on any atom is 0.235 e. The van der Waals surface area contributed by atoms with Crippen molar-refractivity contribution in [2.45, 2.75) is 47.9 Å². The first kappa shape index (κ1) is 25.8. The Morgan fingerprint density at radius 2 is 1.72 bits per heavy atom. The zero-order valence-electron chi connectivity index (χ0n) is 18.4. The number of nitriles is 1. The molecule has 1 N–H and O–H groups in total. The molecule has 0 radical (unpaired) electrons. The lowest BCUT2D eigenvalue weighted by Crippen LogP contribution is -2.06. The highest BCUT2D eigenvalue weighted by Gasteiger charge is 2.09. The van der Waals surface area contributed by atoms with Crippen molar-refractivity contribution in [1.29, 1.82) is 5.26 Å². The lowest BCUT2D eigenvalue weighted by Gasteiger charge is -2.13. The van der Waals surface area contributed by atoms with Gasteiger partial charge in [0, 0.05) is 14.0 Å². The van der Waals surface area contributed by atoms with E-state index in [1.165, 1.54) is 6.92 Å². The summed E-state index contributed by atoms with van der Waals surface area (Å²) in [7, 11) is 1.74. The molecule has 0 aliphatic rings. The van der Waals surface area contributed by atoms with E-state index >= 15 is 0 Å². The fraction of sp³-hybridized carbons (Fsp3) is 0.320. The zero-order valence-corrected chi connectivity index (χ0v) is 18.4. The summed E-state index contributed by atoms with van der Waals surface area (Å²) >= 11 is 0. The third-order valence-electron chi connectivity index (χ3n) is 4.04. The van der Waals surface area contributed by atoms with Crippen molar-refractivity contribution >= 4 is 5.57 Å². The molecule has 154 valence electrons. The number of halogens is 1. The molecule has 0 aliphatic carbocycles. The minimum atomic E-state index is -1.34. The molecule has 0 saturated heterocycles. The summed E-state index contributed by atoms with van der Waals surface area (Å²) in [5.74, 6) is 0.546. The average Bonchev–Trinajstić information content (AvgIpc) is 2.72. The molecule has 29 heavy (non-hydrogen) atoms. The highest BCUT2D eigenvalue weighted by Crippen LogP contribution is 2.30. The molecule has 2 aromatic rings. The van der Waals surface area contributed by atoms with Crippen LogP contribution in [0.1, 0.15) is 44.4 Å². The smallest absolute Gasteiger partial charge is 0.235 e. The number of hydrogen-bond donors (Lipinski definition) is 1. The van der Waals surface area contributed by atoms with E-state index in [1.807, 2.05) is 46.8 Å². The van der Waals surface area contributed by atoms with E-state index in [-0.39, 0.29) is 0 Å². The van der Waals surface area contributed by atoms with Crippen molar-refractivity contribution in [3.8, 4) is 35.8 Å². The van der Waals surface area contributed by atoms with Crippen LogP contribution in [0.3, 0.4) is 0 Å². The summed E-state index contributed by atoms with van der Waals surface area (Å²) in [5, 5.41) is 12.2. The first-order valence-corrected chi connectivity index (χ1v) is 9.51. The van der Waals surface area contributed by atoms with Crippen LogP contribution in [0.4, 0.5) is 4.39 Å².